The average Bonchev–Trinajstić information content (AvgIpc) is 2.39. The van der Waals surface area contributed by atoms with Crippen LogP contribution in [0.4, 0.5) is 5.69 Å². The van der Waals surface area contributed by atoms with Gasteiger partial charge in [0.2, 0.25) is 0 Å². The fraction of sp³-hybridized carbons (Fsp3) is 0.533. The Morgan fingerprint density at radius 1 is 1.28 bits per heavy atom. The molecule has 1 saturated heterocycles. The van der Waals surface area contributed by atoms with Crippen LogP contribution in [0.5, 0.6) is 0 Å². The molecule has 1 heterocycles. The normalized spacial score (nSPS) is 16.7. The van der Waals surface area contributed by atoms with Gasteiger partial charge in [-0.2, -0.15) is 0 Å². The minimum absolute atomic E-state index is 0.172. The second kappa shape index (κ2) is 5.42. The summed E-state index contributed by atoms with van der Waals surface area (Å²) in [5.41, 5.74) is 1.88. The van der Waals surface area contributed by atoms with Crippen LogP contribution in [0.2, 0.25) is 0 Å². The lowest BCUT2D eigenvalue weighted by molar-refractivity contribution is 0.0697. The van der Waals surface area contributed by atoms with Gasteiger partial charge in [-0.1, -0.05) is 13.0 Å². The number of amides is 1. The molecule has 3 heteroatoms. The van der Waals surface area contributed by atoms with Crippen molar-refractivity contribution in [3.63, 3.8) is 0 Å². The molecule has 0 spiro atoms. The number of carbonyl (C=O) groups is 1. The van der Waals surface area contributed by atoms with Crippen molar-refractivity contribution in [1.82, 2.24) is 4.90 Å². The van der Waals surface area contributed by atoms with Crippen molar-refractivity contribution < 1.29 is 4.79 Å². The van der Waals surface area contributed by atoms with E-state index >= 15 is 0 Å². The van der Waals surface area contributed by atoms with E-state index in [0.29, 0.717) is 0 Å². The summed E-state index contributed by atoms with van der Waals surface area (Å²) in [6.07, 6.45) is 2.25. The lowest BCUT2D eigenvalue weighted by atomic mass is 9.98. The lowest BCUT2D eigenvalue weighted by Crippen LogP contribution is -2.37. The summed E-state index contributed by atoms with van der Waals surface area (Å²) >= 11 is 0. The molecule has 0 atom stereocenters. The third-order valence-electron chi connectivity index (χ3n) is 3.68. The maximum atomic E-state index is 12.4. The number of piperidine rings is 1. The monoisotopic (exact) mass is 246 g/mol. The number of rotatable bonds is 2. The van der Waals surface area contributed by atoms with E-state index in [1.54, 1.807) is 0 Å². The maximum Gasteiger partial charge on any atom is 0.253 e. The van der Waals surface area contributed by atoms with Crippen LogP contribution >= 0.6 is 0 Å². The smallest absolute Gasteiger partial charge is 0.253 e. The molecule has 2 rings (SSSR count). The topological polar surface area (TPSA) is 23.6 Å². The van der Waals surface area contributed by atoms with Crippen LogP contribution in [-0.4, -0.2) is 38.0 Å². The average molecular weight is 246 g/mol. The van der Waals surface area contributed by atoms with Crippen LogP contribution in [0.1, 0.15) is 30.1 Å². The molecular formula is C15H22N2O. The molecule has 1 fully saturated rings. The van der Waals surface area contributed by atoms with E-state index in [1.165, 1.54) is 0 Å². The van der Waals surface area contributed by atoms with Gasteiger partial charge in [-0.25, -0.2) is 0 Å². The molecule has 0 N–H and O–H groups in total. The second-order valence-electron chi connectivity index (χ2n) is 5.42. The van der Waals surface area contributed by atoms with Crippen molar-refractivity contribution in [2.75, 3.05) is 32.1 Å². The van der Waals surface area contributed by atoms with Gasteiger partial charge in [0.05, 0.1) is 0 Å². The quantitative estimate of drug-likeness (QED) is 0.801. The molecule has 18 heavy (non-hydrogen) atoms. The number of benzene rings is 1. The Kier molecular flexibility index (Phi) is 3.90. The Morgan fingerprint density at radius 3 is 2.56 bits per heavy atom. The summed E-state index contributed by atoms with van der Waals surface area (Å²) in [5.74, 6) is 0.924. The van der Waals surface area contributed by atoms with Gasteiger partial charge < -0.3 is 9.80 Å². The summed E-state index contributed by atoms with van der Waals surface area (Å²) in [6.45, 7) is 4.05. The molecule has 1 aliphatic heterocycles. The molecule has 1 aromatic rings. The van der Waals surface area contributed by atoms with Crippen LogP contribution in [0, 0.1) is 5.92 Å². The van der Waals surface area contributed by atoms with E-state index in [4.69, 9.17) is 0 Å². The van der Waals surface area contributed by atoms with Crippen LogP contribution in [0.3, 0.4) is 0 Å². The van der Waals surface area contributed by atoms with Gasteiger partial charge in [-0.15, -0.1) is 0 Å². The first kappa shape index (κ1) is 12.9. The number of likely N-dealkylation sites (tertiary alicyclic amines) is 1. The van der Waals surface area contributed by atoms with Gasteiger partial charge in [0, 0.05) is 38.4 Å². The number of carbonyl (C=O) groups excluding carboxylic acids is 1. The second-order valence-corrected chi connectivity index (χ2v) is 5.42. The minimum atomic E-state index is 0.172. The van der Waals surface area contributed by atoms with Crippen molar-refractivity contribution in [1.29, 1.82) is 0 Å². The highest BCUT2D eigenvalue weighted by Gasteiger charge is 2.21. The van der Waals surface area contributed by atoms with E-state index in [-0.39, 0.29) is 5.91 Å². The number of hydrogen-bond acceptors (Lipinski definition) is 2. The standard InChI is InChI=1S/C15H22N2O/c1-12-7-9-17(10-8-12)15(18)13-5-4-6-14(11-13)16(2)3/h4-6,11-12H,7-10H2,1-3H3. The van der Waals surface area contributed by atoms with E-state index < -0.39 is 0 Å². The molecule has 3 nitrogen and oxygen atoms in total. The molecule has 1 aliphatic rings. The van der Waals surface area contributed by atoms with Crippen LogP contribution in [-0.2, 0) is 0 Å². The van der Waals surface area contributed by atoms with Crippen molar-refractivity contribution in [3.05, 3.63) is 29.8 Å². The molecular weight excluding hydrogens is 224 g/mol. The van der Waals surface area contributed by atoms with Crippen molar-refractivity contribution >= 4 is 11.6 Å². The first-order valence-corrected chi connectivity index (χ1v) is 6.64. The summed E-state index contributed by atoms with van der Waals surface area (Å²) in [4.78, 5) is 16.4. The Morgan fingerprint density at radius 2 is 1.94 bits per heavy atom. The predicted molar refractivity (Wildman–Crippen MR) is 75.1 cm³/mol. The van der Waals surface area contributed by atoms with Gasteiger partial charge in [0.1, 0.15) is 0 Å². The molecule has 0 unspecified atom stereocenters. The predicted octanol–water partition coefficient (Wildman–Crippen LogP) is 2.62. The molecule has 0 aromatic heterocycles. The Bertz CT molecular complexity index is 420. The fourth-order valence-electron chi connectivity index (χ4n) is 2.31. The van der Waals surface area contributed by atoms with E-state index in [9.17, 15) is 4.79 Å². The minimum Gasteiger partial charge on any atom is -0.378 e. The highest BCUT2D eigenvalue weighted by atomic mass is 16.2. The Balaban J connectivity index is 2.11. The molecule has 0 aliphatic carbocycles. The third-order valence-corrected chi connectivity index (χ3v) is 3.68. The fourth-order valence-corrected chi connectivity index (χ4v) is 2.31. The Labute approximate surface area is 109 Å². The molecule has 1 aromatic carbocycles. The van der Waals surface area contributed by atoms with E-state index in [0.717, 1.165) is 43.1 Å². The van der Waals surface area contributed by atoms with Crippen molar-refractivity contribution in [3.8, 4) is 0 Å². The number of anilines is 1. The largest absolute Gasteiger partial charge is 0.378 e. The Hall–Kier alpha value is -1.51. The zero-order valence-corrected chi connectivity index (χ0v) is 11.5. The summed E-state index contributed by atoms with van der Waals surface area (Å²) in [6, 6.07) is 7.86. The first-order chi connectivity index (χ1) is 8.58. The zero-order valence-electron chi connectivity index (χ0n) is 11.5. The molecule has 1 amide bonds. The SMILES string of the molecule is CC1CCN(C(=O)c2cccc(N(C)C)c2)CC1. The van der Waals surface area contributed by atoms with E-state index in [1.807, 2.05) is 48.2 Å². The number of nitrogens with zero attached hydrogens (tertiary/aromatic N) is 2. The van der Waals surface area contributed by atoms with Crippen LogP contribution < -0.4 is 4.90 Å². The van der Waals surface area contributed by atoms with Crippen molar-refractivity contribution in [2.24, 2.45) is 5.92 Å². The maximum absolute atomic E-state index is 12.4. The number of hydrogen-bond donors (Lipinski definition) is 0. The van der Waals surface area contributed by atoms with Gasteiger partial charge in [-0.3, -0.25) is 4.79 Å². The highest BCUT2D eigenvalue weighted by molar-refractivity contribution is 5.95. The first-order valence-electron chi connectivity index (χ1n) is 6.64. The van der Waals surface area contributed by atoms with E-state index in [2.05, 4.69) is 6.92 Å². The van der Waals surface area contributed by atoms with Crippen LogP contribution in [0.25, 0.3) is 0 Å². The highest BCUT2D eigenvalue weighted by Crippen LogP contribution is 2.20. The van der Waals surface area contributed by atoms with Crippen LogP contribution in [0.15, 0.2) is 24.3 Å². The summed E-state index contributed by atoms with van der Waals surface area (Å²) < 4.78 is 0. The molecule has 0 saturated carbocycles. The molecule has 98 valence electrons. The van der Waals surface area contributed by atoms with Gasteiger partial charge >= 0.3 is 0 Å². The van der Waals surface area contributed by atoms with Crippen molar-refractivity contribution in [2.45, 2.75) is 19.8 Å². The van der Waals surface area contributed by atoms with Gasteiger partial charge in [0.25, 0.3) is 5.91 Å². The molecule has 0 radical (unpaired) electrons. The van der Waals surface area contributed by atoms with Gasteiger partial charge in [-0.05, 0) is 37.0 Å². The van der Waals surface area contributed by atoms with Gasteiger partial charge in [0.15, 0.2) is 0 Å². The zero-order chi connectivity index (χ0) is 13.1. The summed E-state index contributed by atoms with van der Waals surface area (Å²) in [5, 5.41) is 0. The lowest BCUT2D eigenvalue weighted by Gasteiger charge is -2.30. The third kappa shape index (κ3) is 2.84. The summed E-state index contributed by atoms with van der Waals surface area (Å²) in [7, 11) is 3.98. The molecule has 0 bridgehead atoms.